The molecule has 0 unspecified atom stereocenters. The summed E-state index contributed by atoms with van der Waals surface area (Å²) in [6.45, 7) is 0. The highest BCUT2D eigenvalue weighted by Crippen LogP contribution is 2.44. The molecule has 3 aromatic carbocycles. The minimum absolute atomic E-state index is 0.428. The molecule has 0 aliphatic rings. The Morgan fingerprint density at radius 3 is 1.88 bits per heavy atom. The topological polar surface area (TPSA) is 51.6 Å². The highest BCUT2D eigenvalue weighted by Gasteiger charge is 2.22. The monoisotopic (exact) mass is 450 g/mol. The largest absolute Gasteiger partial charge is 0.226 e. The van der Waals surface area contributed by atoms with Crippen LogP contribution in [0.5, 0.6) is 0 Å². The second-order valence-corrected chi connectivity index (χ2v) is 8.68. The van der Waals surface area contributed by atoms with Crippen LogP contribution in [-0.2, 0) is 0 Å². The van der Waals surface area contributed by atoms with Crippen molar-refractivity contribution in [1.29, 1.82) is 0 Å². The molecule has 6 aromatic rings. The van der Waals surface area contributed by atoms with Crippen molar-refractivity contribution >= 4 is 43.4 Å². The first-order chi connectivity index (χ1) is 15.8. The van der Waals surface area contributed by atoms with Gasteiger partial charge in [0.1, 0.15) is 10.5 Å². The highest BCUT2D eigenvalue weighted by molar-refractivity contribution is 7.26. The maximum atomic E-state index is 6.65. The third-order valence-corrected chi connectivity index (χ3v) is 6.80. The lowest BCUT2D eigenvalue weighted by atomic mass is 9.97. The van der Waals surface area contributed by atoms with E-state index >= 15 is 0 Å². The smallest absolute Gasteiger partial charge is 0.161 e. The van der Waals surface area contributed by atoms with Crippen molar-refractivity contribution in [1.82, 2.24) is 20.2 Å². The predicted molar refractivity (Wildman–Crippen MR) is 132 cm³/mol. The molecule has 0 aliphatic carbocycles. The van der Waals surface area contributed by atoms with Gasteiger partial charge in [0.2, 0.25) is 0 Å². The number of fused-ring (bicyclic) bond motifs is 3. The average Bonchev–Trinajstić information content (AvgIpc) is 3.24. The fourth-order valence-corrected chi connectivity index (χ4v) is 5.13. The first-order valence-corrected chi connectivity index (χ1v) is 11.3. The van der Waals surface area contributed by atoms with Gasteiger partial charge in [0.25, 0.3) is 0 Å². The van der Waals surface area contributed by atoms with Gasteiger partial charge in [-0.25, -0.2) is 9.97 Å². The van der Waals surface area contributed by atoms with Crippen molar-refractivity contribution in [3.63, 3.8) is 0 Å². The molecule has 0 radical (unpaired) electrons. The zero-order valence-electron chi connectivity index (χ0n) is 16.7. The number of rotatable bonds is 3. The van der Waals surface area contributed by atoms with Crippen molar-refractivity contribution < 1.29 is 0 Å². The summed E-state index contributed by atoms with van der Waals surface area (Å²) in [6, 6.07) is 30.2. The van der Waals surface area contributed by atoms with E-state index < -0.39 is 0 Å². The van der Waals surface area contributed by atoms with Gasteiger partial charge in [0, 0.05) is 22.1 Å². The van der Waals surface area contributed by atoms with Crippen LogP contribution in [-0.4, -0.2) is 20.2 Å². The van der Waals surface area contributed by atoms with Crippen molar-refractivity contribution in [2.45, 2.75) is 0 Å². The Morgan fingerprint density at radius 2 is 1.22 bits per heavy atom. The first-order valence-electron chi connectivity index (χ1n) is 10.1. The molecule has 0 fully saturated rings. The molecule has 0 atom stereocenters. The molecule has 6 rings (SSSR count). The van der Waals surface area contributed by atoms with Crippen LogP contribution in [0.3, 0.4) is 0 Å². The summed E-state index contributed by atoms with van der Waals surface area (Å²) >= 11 is 8.12. The van der Waals surface area contributed by atoms with E-state index in [1.165, 1.54) is 11.3 Å². The Bertz CT molecular complexity index is 1570. The van der Waals surface area contributed by atoms with E-state index in [0.29, 0.717) is 11.0 Å². The van der Waals surface area contributed by atoms with Gasteiger partial charge in [-0.2, -0.15) is 0 Å². The third kappa shape index (κ3) is 3.14. The molecule has 4 nitrogen and oxygen atoms in total. The lowest BCUT2D eigenvalue weighted by Gasteiger charge is -2.10. The number of nitrogens with zero attached hydrogens (tertiary/aromatic N) is 4. The summed E-state index contributed by atoms with van der Waals surface area (Å²) in [4.78, 5) is 10.3. The number of halogens is 1. The molecule has 32 heavy (non-hydrogen) atoms. The number of benzene rings is 3. The molecule has 0 amide bonds. The molecule has 0 spiro atoms. The van der Waals surface area contributed by atoms with E-state index in [1.807, 2.05) is 78.9 Å². The van der Waals surface area contributed by atoms with E-state index in [0.717, 1.165) is 48.4 Å². The second kappa shape index (κ2) is 7.79. The summed E-state index contributed by atoms with van der Waals surface area (Å²) in [5.41, 5.74) is 5.60. The summed E-state index contributed by atoms with van der Waals surface area (Å²) in [7, 11) is 0. The summed E-state index contributed by atoms with van der Waals surface area (Å²) < 4.78 is 0.818. The molecule has 0 aliphatic heterocycles. The third-order valence-electron chi connectivity index (χ3n) is 5.34. The predicted octanol–water partition coefficient (Wildman–Crippen LogP) is 7.29. The average molecular weight is 451 g/mol. The molecular weight excluding hydrogens is 436 g/mol. The number of hydrogen-bond donors (Lipinski definition) is 0. The number of thiophene rings is 1. The summed E-state index contributed by atoms with van der Waals surface area (Å²) in [5.74, 6) is 0.597. The zero-order chi connectivity index (χ0) is 21.5. The normalized spacial score (nSPS) is 11.3. The van der Waals surface area contributed by atoms with Gasteiger partial charge in [-0.1, -0.05) is 103 Å². The molecule has 152 valence electrons. The SMILES string of the molecule is Clc1nc(-c2ccccc2)nc2c1sc1nnc(-c3ccccc3)c(-c3ccccc3)c12. The van der Waals surface area contributed by atoms with Crippen molar-refractivity contribution in [3.05, 3.63) is 96.1 Å². The van der Waals surface area contributed by atoms with Gasteiger partial charge < -0.3 is 0 Å². The Kier molecular flexibility index (Phi) is 4.63. The van der Waals surface area contributed by atoms with E-state index in [1.54, 1.807) is 0 Å². The van der Waals surface area contributed by atoms with Crippen LogP contribution in [0.1, 0.15) is 0 Å². The lowest BCUT2D eigenvalue weighted by Crippen LogP contribution is -1.95. The molecule has 6 heteroatoms. The Hall–Kier alpha value is -3.67. The molecule has 3 heterocycles. The van der Waals surface area contributed by atoms with Crippen LogP contribution in [0.25, 0.3) is 54.2 Å². The van der Waals surface area contributed by atoms with Crippen LogP contribution in [0.4, 0.5) is 0 Å². The Balaban J connectivity index is 1.75. The van der Waals surface area contributed by atoms with Crippen LogP contribution < -0.4 is 0 Å². The van der Waals surface area contributed by atoms with E-state index in [9.17, 15) is 0 Å². The minimum Gasteiger partial charge on any atom is -0.226 e. The molecule has 0 saturated heterocycles. The second-order valence-electron chi connectivity index (χ2n) is 7.32. The zero-order valence-corrected chi connectivity index (χ0v) is 18.3. The minimum atomic E-state index is 0.428. The van der Waals surface area contributed by atoms with Gasteiger partial charge in [0.05, 0.1) is 10.2 Å². The number of aromatic nitrogens is 4. The van der Waals surface area contributed by atoms with Gasteiger partial charge >= 0.3 is 0 Å². The van der Waals surface area contributed by atoms with Crippen molar-refractivity contribution in [2.75, 3.05) is 0 Å². The van der Waals surface area contributed by atoms with E-state index in [4.69, 9.17) is 16.6 Å². The molecule has 0 N–H and O–H groups in total. The van der Waals surface area contributed by atoms with E-state index in [-0.39, 0.29) is 0 Å². The quantitative estimate of drug-likeness (QED) is 0.265. The van der Waals surface area contributed by atoms with Crippen LogP contribution in [0, 0.1) is 0 Å². The van der Waals surface area contributed by atoms with Gasteiger partial charge in [0.15, 0.2) is 11.0 Å². The van der Waals surface area contributed by atoms with E-state index in [2.05, 4.69) is 27.3 Å². The van der Waals surface area contributed by atoms with Crippen molar-refractivity contribution in [3.8, 4) is 33.8 Å². The summed E-state index contributed by atoms with van der Waals surface area (Å²) in [6.07, 6.45) is 0. The standard InChI is InChI=1S/C26H15ClN4S/c27-24-23-22(28-25(29-24)18-14-8-3-9-15-18)20-19(16-10-4-1-5-11-16)21(30-31-26(20)32-23)17-12-6-2-7-13-17/h1-15H. The number of hydrogen-bond acceptors (Lipinski definition) is 5. The lowest BCUT2D eigenvalue weighted by molar-refractivity contribution is 1.09. The van der Waals surface area contributed by atoms with Crippen molar-refractivity contribution in [2.24, 2.45) is 0 Å². The fraction of sp³-hybridized carbons (Fsp3) is 0. The molecular formula is C26H15ClN4S. The molecule has 3 aromatic heterocycles. The van der Waals surface area contributed by atoms with Crippen LogP contribution >= 0.6 is 22.9 Å². The van der Waals surface area contributed by atoms with Gasteiger partial charge in [-0.3, -0.25) is 0 Å². The Labute approximate surface area is 193 Å². The molecule has 0 bridgehead atoms. The maximum absolute atomic E-state index is 6.65. The van der Waals surface area contributed by atoms with Gasteiger partial charge in [-0.15, -0.1) is 21.5 Å². The maximum Gasteiger partial charge on any atom is 0.161 e. The van der Waals surface area contributed by atoms with Crippen LogP contribution in [0.2, 0.25) is 5.15 Å². The van der Waals surface area contributed by atoms with Crippen LogP contribution in [0.15, 0.2) is 91.0 Å². The first kappa shape index (κ1) is 19.0. The summed E-state index contributed by atoms with van der Waals surface area (Å²) in [5, 5.41) is 10.6. The fourth-order valence-electron chi connectivity index (χ4n) is 3.89. The van der Waals surface area contributed by atoms with Gasteiger partial charge in [-0.05, 0) is 5.56 Å². The molecule has 0 saturated carbocycles. The Morgan fingerprint density at radius 1 is 0.625 bits per heavy atom. The highest BCUT2D eigenvalue weighted by atomic mass is 35.5.